The van der Waals surface area contributed by atoms with Gasteiger partial charge < -0.3 is 10.1 Å². The monoisotopic (exact) mass is 333 g/mol. The normalized spacial score (nSPS) is 10.4. The van der Waals surface area contributed by atoms with Crippen molar-refractivity contribution in [2.24, 2.45) is 0 Å². The highest BCUT2D eigenvalue weighted by atomic mass is 16.5. The third-order valence-electron chi connectivity index (χ3n) is 3.32. The van der Waals surface area contributed by atoms with E-state index in [0.717, 1.165) is 6.42 Å². The van der Waals surface area contributed by atoms with E-state index in [1.54, 1.807) is 18.5 Å². The maximum atomic E-state index is 12.0. The quantitative estimate of drug-likeness (QED) is 0.534. The Morgan fingerprint density at radius 2 is 2.17 bits per heavy atom. The van der Waals surface area contributed by atoms with Gasteiger partial charge in [-0.05, 0) is 18.9 Å². The van der Waals surface area contributed by atoms with Crippen LogP contribution in [0.4, 0.5) is 0 Å². The highest BCUT2D eigenvalue weighted by Gasteiger charge is 2.12. The summed E-state index contributed by atoms with van der Waals surface area (Å²) >= 11 is 0. The number of nitrogens with zero attached hydrogens (tertiary/aromatic N) is 3. The van der Waals surface area contributed by atoms with Crippen LogP contribution in [0.5, 0.6) is 0 Å². The predicted molar refractivity (Wildman–Crippen MR) is 84.8 cm³/mol. The van der Waals surface area contributed by atoms with Crippen LogP contribution in [-0.4, -0.2) is 45.3 Å². The zero-order chi connectivity index (χ0) is 17.4. The number of hydrogen-bond donors (Lipinski definition) is 2. The minimum atomic E-state index is -0.529. The Bertz CT molecular complexity index is 739. The summed E-state index contributed by atoms with van der Waals surface area (Å²) in [7, 11) is 1.35. The largest absolute Gasteiger partial charge is 0.469 e. The third kappa shape index (κ3) is 4.77. The maximum absolute atomic E-state index is 12.0. The number of hydrogen-bond acceptors (Lipinski definition) is 6. The van der Waals surface area contributed by atoms with Gasteiger partial charge in [-0.2, -0.15) is 5.10 Å². The van der Waals surface area contributed by atoms with Crippen molar-refractivity contribution in [2.75, 3.05) is 13.7 Å². The average Bonchev–Trinajstić information content (AvgIpc) is 3.11. The summed E-state index contributed by atoms with van der Waals surface area (Å²) in [5.41, 5.74) is -0.584. The number of esters is 1. The summed E-state index contributed by atoms with van der Waals surface area (Å²) in [4.78, 5) is 41.4. The summed E-state index contributed by atoms with van der Waals surface area (Å²) in [6.07, 6.45) is 6.96. The van der Waals surface area contributed by atoms with E-state index in [1.165, 1.54) is 18.0 Å². The summed E-state index contributed by atoms with van der Waals surface area (Å²) in [5, 5.41) is 6.61. The van der Waals surface area contributed by atoms with Gasteiger partial charge in [0.2, 0.25) is 5.95 Å². The third-order valence-corrected chi connectivity index (χ3v) is 3.32. The molecule has 9 heteroatoms. The van der Waals surface area contributed by atoms with Crippen LogP contribution >= 0.6 is 0 Å². The van der Waals surface area contributed by atoms with Crippen molar-refractivity contribution in [3.8, 4) is 5.95 Å². The van der Waals surface area contributed by atoms with E-state index in [4.69, 9.17) is 0 Å². The van der Waals surface area contributed by atoms with Crippen molar-refractivity contribution in [2.45, 2.75) is 25.7 Å². The molecule has 0 bridgehead atoms. The standard InChI is InChI=1S/C15H19N5O4/c1-24-12(21)6-3-2-4-7-16-13(22)11-10-17-15(19-14(11)23)20-9-5-8-18-20/h5,8-10H,2-4,6-7H2,1H3,(H,16,22)(H,17,19,23). The molecule has 2 aromatic heterocycles. The van der Waals surface area contributed by atoms with Crippen molar-refractivity contribution in [1.29, 1.82) is 0 Å². The fourth-order valence-corrected chi connectivity index (χ4v) is 2.03. The lowest BCUT2D eigenvalue weighted by Crippen LogP contribution is -2.31. The van der Waals surface area contributed by atoms with Gasteiger partial charge in [0.1, 0.15) is 5.56 Å². The SMILES string of the molecule is COC(=O)CCCCCNC(=O)c1cnc(-n2cccn2)[nH]c1=O. The first kappa shape index (κ1) is 17.4. The molecule has 9 nitrogen and oxygen atoms in total. The Hall–Kier alpha value is -2.97. The van der Waals surface area contributed by atoms with Gasteiger partial charge in [-0.15, -0.1) is 0 Å². The molecule has 2 N–H and O–H groups in total. The van der Waals surface area contributed by atoms with Gasteiger partial charge in [-0.1, -0.05) is 6.42 Å². The van der Waals surface area contributed by atoms with Crippen LogP contribution in [0.25, 0.3) is 5.95 Å². The van der Waals surface area contributed by atoms with Crippen LogP contribution in [0.2, 0.25) is 0 Å². The first-order chi connectivity index (χ1) is 11.6. The molecule has 0 aliphatic carbocycles. The maximum Gasteiger partial charge on any atom is 0.305 e. The van der Waals surface area contributed by atoms with Gasteiger partial charge in [0, 0.05) is 31.6 Å². The van der Waals surface area contributed by atoms with Crippen molar-refractivity contribution < 1.29 is 14.3 Å². The molecule has 1 amide bonds. The van der Waals surface area contributed by atoms with Gasteiger partial charge in [0.25, 0.3) is 11.5 Å². The minimum Gasteiger partial charge on any atom is -0.469 e. The number of carbonyl (C=O) groups is 2. The first-order valence-electron chi connectivity index (χ1n) is 7.56. The molecule has 0 saturated carbocycles. The second-order valence-corrected chi connectivity index (χ2v) is 5.04. The number of carbonyl (C=O) groups excluding carboxylic acids is 2. The average molecular weight is 333 g/mol. The van der Waals surface area contributed by atoms with Crippen molar-refractivity contribution in [1.82, 2.24) is 25.1 Å². The van der Waals surface area contributed by atoms with Crippen molar-refractivity contribution in [3.05, 3.63) is 40.6 Å². The highest BCUT2D eigenvalue weighted by Crippen LogP contribution is 2.01. The van der Waals surface area contributed by atoms with E-state index in [2.05, 4.69) is 25.1 Å². The van der Waals surface area contributed by atoms with Crippen molar-refractivity contribution in [3.63, 3.8) is 0 Å². The molecule has 0 atom stereocenters. The molecular weight excluding hydrogens is 314 g/mol. The van der Waals surface area contributed by atoms with Crippen LogP contribution in [-0.2, 0) is 9.53 Å². The molecular formula is C15H19N5O4. The molecule has 128 valence electrons. The Balaban J connectivity index is 1.80. The minimum absolute atomic E-state index is 0.0551. The Labute approximate surface area is 138 Å². The number of unbranched alkanes of at least 4 members (excludes halogenated alkanes) is 2. The number of aromatic nitrogens is 4. The molecule has 0 aliphatic rings. The predicted octanol–water partition coefficient (Wildman–Crippen LogP) is 0.419. The lowest BCUT2D eigenvalue weighted by Gasteiger charge is -2.05. The lowest BCUT2D eigenvalue weighted by atomic mass is 10.2. The number of aromatic amines is 1. The molecule has 2 rings (SSSR count). The highest BCUT2D eigenvalue weighted by molar-refractivity contribution is 5.93. The van der Waals surface area contributed by atoms with Gasteiger partial charge in [-0.25, -0.2) is 9.67 Å². The summed E-state index contributed by atoms with van der Waals surface area (Å²) < 4.78 is 5.94. The molecule has 0 radical (unpaired) electrons. The number of methoxy groups -OCH3 is 1. The molecule has 2 aromatic rings. The van der Waals surface area contributed by atoms with Crippen LogP contribution < -0.4 is 10.9 Å². The lowest BCUT2D eigenvalue weighted by molar-refractivity contribution is -0.140. The van der Waals surface area contributed by atoms with E-state index in [1.807, 2.05) is 0 Å². The van der Waals surface area contributed by atoms with Gasteiger partial charge in [0.05, 0.1) is 7.11 Å². The van der Waals surface area contributed by atoms with Crippen LogP contribution in [0, 0.1) is 0 Å². The number of nitrogens with one attached hydrogen (secondary N) is 2. The van der Waals surface area contributed by atoms with Crippen LogP contribution in [0.1, 0.15) is 36.0 Å². The van der Waals surface area contributed by atoms with Crippen LogP contribution in [0.15, 0.2) is 29.5 Å². The molecule has 24 heavy (non-hydrogen) atoms. The summed E-state index contributed by atoms with van der Waals surface area (Å²) in [6.45, 7) is 0.417. The molecule has 0 spiro atoms. The summed E-state index contributed by atoms with van der Waals surface area (Å²) in [5.74, 6) is -0.484. The van der Waals surface area contributed by atoms with Gasteiger partial charge >= 0.3 is 5.97 Å². The van der Waals surface area contributed by atoms with Gasteiger partial charge in [-0.3, -0.25) is 19.4 Å². The Kier molecular flexibility index (Phi) is 6.23. The summed E-state index contributed by atoms with van der Waals surface area (Å²) in [6, 6.07) is 1.70. The van der Waals surface area contributed by atoms with Crippen molar-refractivity contribution >= 4 is 11.9 Å². The van der Waals surface area contributed by atoms with E-state index < -0.39 is 11.5 Å². The number of ether oxygens (including phenoxy) is 1. The first-order valence-corrected chi connectivity index (χ1v) is 7.56. The van der Waals surface area contributed by atoms with E-state index >= 15 is 0 Å². The van der Waals surface area contributed by atoms with Crippen LogP contribution in [0.3, 0.4) is 0 Å². The fourth-order valence-electron chi connectivity index (χ4n) is 2.03. The number of amides is 1. The van der Waals surface area contributed by atoms with E-state index in [9.17, 15) is 14.4 Å². The number of H-pyrrole nitrogens is 1. The molecule has 0 unspecified atom stereocenters. The van der Waals surface area contributed by atoms with E-state index in [-0.39, 0.29) is 17.5 Å². The van der Waals surface area contributed by atoms with Gasteiger partial charge in [0.15, 0.2) is 0 Å². The molecule has 0 fully saturated rings. The number of rotatable bonds is 8. The molecule has 0 aliphatic heterocycles. The fraction of sp³-hybridized carbons (Fsp3) is 0.400. The zero-order valence-electron chi connectivity index (χ0n) is 13.3. The second-order valence-electron chi connectivity index (χ2n) is 5.04. The molecule has 0 aromatic carbocycles. The molecule has 0 saturated heterocycles. The topological polar surface area (TPSA) is 119 Å². The zero-order valence-corrected chi connectivity index (χ0v) is 13.3. The Morgan fingerprint density at radius 3 is 2.83 bits per heavy atom. The van der Waals surface area contributed by atoms with E-state index in [0.29, 0.717) is 25.8 Å². The smallest absolute Gasteiger partial charge is 0.305 e. The molecule has 2 heterocycles. The second kappa shape index (κ2) is 8.61. The Morgan fingerprint density at radius 1 is 1.33 bits per heavy atom.